The highest BCUT2D eigenvalue weighted by atomic mass is 19.1. The minimum Gasteiger partial charge on any atom is -0.433 e. The molecular weight excluding hydrogens is 454 g/mol. The molecule has 8 nitrogen and oxygen atoms in total. The van der Waals surface area contributed by atoms with Gasteiger partial charge in [-0.3, -0.25) is 0 Å². The average molecular weight is 481 g/mol. The lowest BCUT2D eigenvalue weighted by atomic mass is 10.2. The van der Waals surface area contributed by atoms with E-state index in [1.54, 1.807) is 6.92 Å². The number of fused-ring (bicyclic) bond motifs is 1. The van der Waals surface area contributed by atoms with E-state index >= 15 is 4.39 Å². The van der Waals surface area contributed by atoms with Crippen molar-refractivity contribution < 1.29 is 18.7 Å². The number of hydrogen-bond donors (Lipinski definition) is 2. The normalized spacial score (nSPS) is 14.5. The predicted octanol–water partition coefficient (Wildman–Crippen LogP) is 4.93. The minimum absolute atomic E-state index is 0.0850. The van der Waals surface area contributed by atoms with Crippen LogP contribution in [0.2, 0.25) is 0 Å². The number of ether oxygens (including phenoxy) is 1. The fourth-order valence-electron chi connectivity index (χ4n) is 4.25. The summed E-state index contributed by atoms with van der Waals surface area (Å²) < 4.78 is 36.4. The monoisotopic (exact) mass is 480 g/mol. The van der Waals surface area contributed by atoms with Crippen molar-refractivity contribution in [3.8, 4) is 11.6 Å². The summed E-state index contributed by atoms with van der Waals surface area (Å²) in [6, 6.07) is 12.0. The molecule has 0 aliphatic carbocycles. The molecule has 1 aliphatic rings. The van der Waals surface area contributed by atoms with Crippen LogP contribution in [0.25, 0.3) is 10.9 Å². The van der Waals surface area contributed by atoms with E-state index in [-0.39, 0.29) is 22.5 Å². The molecule has 0 spiro atoms. The number of halogens is 2. The lowest BCUT2D eigenvalue weighted by molar-refractivity contribution is 0.193. The minimum atomic E-state index is -0.845. The van der Waals surface area contributed by atoms with Crippen LogP contribution in [0.3, 0.4) is 0 Å². The van der Waals surface area contributed by atoms with Gasteiger partial charge in [0.15, 0.2) is 17.4 Å². The first-order valence-electron chi connectivity index (χ1n) is 11.5. The van der Waals surface area contributed by atoms with Gasteiger partial charge in [0.1, 0.15) is 6.33 Å². The molecule has 1 fully saturated rings. The van der Waals surface area contributed by atoms with Crippen molar-refractivity contribution in [2.45, 2.75) is 13.8 Å². The van der Waals surface area contributed by atoms with Crippen LogP contribution in [0.4, 0.5) is 26.0 Å². The molecule has 0 amide bonds. The Morgan fingerprint density at radius 2 is 1.74 bits per heavy atom. The Balaban J connectivity index is 1.32. The van der Waals surface area contributed by atoms with E-state index in [0.717, 1.165) is 49.5 Å². The van der Waals surface area contributed by atoms with Crippen LogP contribution in [-0.4, -0.2) is 57.5 Å². The number of likely N-dealkylation sites (N-methyl/N-ethyl adjacent to an activating group) is 1. The lowest BCUT2D eigenvalue weighted by Crippen LogP contribution is -2.46. The summed E-state index contributed by atoms with van der Waals surface area (Å²) >= 11 is 0. The quantitative estimate of drug-likeness (QED) is 0.379. The Hall–Kier alpha value is -3.92. The number of benzene rings is 2. The zero-order valence-corrected chi connectivity index (χ0v) is 19.5. The number of hydrogen-bond acceptors (Lipinski definition) is 7. The molecule has 0 atom stereocenters. The number of aromatic nitrogens is 3. The molecule has 4 aromatic rings. The molecule has 2 aromatic heterocycles. The molecule has 0 saturated carbocycles. The van der Waals surface area contributed by atoms with Crippen LogP contribution >= 0.6 is 0 Å². The van der Waals surface area contributed by atoms with Crippen LogP contribution in [0, 0.1) is 18.6 Å². The molecule has 3 heterocycles. The molecule has 1 aliphatic heterocycles. The summed E-state index contributed by atoms with van der Waals surface area (Å²) in [5, 5.41) is 13.0. The number of rotatable bonds is 6. The Labute approximate surface area is 201 Å². The van der Waals surface area contributed by atoms with Crippen molar-refractivity contribution in [1.82, 2.24) is 19.6 Å². The van der Waals surface area contributed by atoms with E-state index < -0.39 is 17.5 Å². The molecule has 2 N–H and O–H groups in total. The second-order valence-electron chi connectivity index (χ2n) is 8.44. The molecule has 10 heteroatoms. The molecule has 1 saturated heterocycles. The highest BCUT2D eigenvalue weighted by Gasteiger charge is 2.19. The molecule has 0 bridgehead atoms. The molecular formula is C25H26F2N6O2. The van der Waals surface area contributed by atoms with Gasteiger partial charge in [-0.2, -0.15) is 14.1 Å². The largest absolute Gasteiger partial charge is 0.433 e. The maximum atomic E-state index is 15.1. The van der Waals surface area contributed by atoms with Crippen molar-refractivity contribution in [3.05, 3.63) is 66.1 Å². The fourth-order valence-corrected chi connectivity index (χ4v) is 4.25. The molecule has 182 valence electrons. The van der Waals surface area contributed by atoms with Gasteiger partial charge in [-0.15, -0.1) is 0 Å². The van der Waals surface area contributed by atoms with E-state index in [2.05, 4.69) is 32.0 Å². The van der Waals surface area contributed by atoms with Crippen LogP contribution in [0.5, 0.6) is 11.6 Å². The van der Waals surface area contributed by atoms with Gasteiger partial charge in [0, 0.05) is 42.9 Å². The summed E-state index contributed by atoms with van der Waals surface area (Å²) in [6.07, 6.45) is 1.15. The first-order chi connectivity index (χ1) is 16.9. The molecule has 35 heavy (non-hydrogen) atoms. The summed E-state index contributed by atoms with van der Waals surface area (Å²) in [5.74, 6) is -2.27. The predicted molar refractivity (Wildman–Crippen MR) is 130 cm³/mol. The highest BCUT2D eigenvalue weighted by Crippen LogP contribution is 2.33. The molecule has 5 rings (SSSR count). The third-order valence-corrected chi connectivity index (χ3v) is 6.32. The molecule has 0 unspecified atom stereocenters. The standard InChI is InChI=1S/C25H26F2N6O2/c1-3-31-10-12-32(13-11-31)18-6-4-17(5-7-18)30-24-23(27)25(29-15-28-24)35-21-9-8-20-19(22(21)26)14-16(2)33(20)34/h4-9,14-15,34H,3,10-13H2,1-2H3,(H,28,29,30). The van der Waals surface area contributed by atoms with Gasteiger partial charge in [-0.25, -0.2) is 9.37 Å². The van der Waals surface area contributed by atoms with Gasteiger partial charge in [-0.05, 0) is 55.9 Å². The first-order valence-corrected chi connectivity index (χ1v) is 11.5. The summed E-state index contributed by atoms with van der Waals surface area (Å²) in [6.45, 7) is 8.86. The van der Waals surface area contributed by atoms with Gasteiger partial charge in [-0.1, -0.05) is 6.92 Å². The second-order valence-corrected chi connectivity index (χ2v) is 8.44. The maximum absolute atomic E-state index is 15.1. The summed E-state index contributed by atoms with van der Waals surface area (Å²) in [7, 11) is 0. The summed E-state index contributed by atoms with van der Waals surface area (Å²) in [4.78, 5) is 12.5. The van der Waals surface area contributed by atoms with E-state index in [1.807, 2.05) is 24.3 Å². The van der Waals surface area contributed by atoms with Crippen molar-refractivity contribution in [1.29, 1.82) is 0 Å². The number of anilines is 3. The van der Waals surface area contributed by atoms with Crippen LogP contribution < -0.4 is 15.0 Å². The SMILES string of the molecule is CCN1CCN(c2ccc(Nc3ncnc(Oc4ccc5c(cc(C)n5O)c4F)c3F)cc2)CC1. The van der Waals surface area contributed by atoms with Gasteiger partial charge < -0.3 is 25.1 Å². The summed E-state index contributed by atoms with van der Waals surface area (Å²) in [5.41, 5.74) is 2.51. The van der Waals surface area contributed by atoms with Crippen LogP contribution in [-0.2, 0) is 0 Å². The lowest BCUT2D eigenvalue weighted by Gasteiger charge is -2.35. The molecule has 0 radical (unpaired) electrons. The van der Waals surface area contributed by atoms with Crippen LogP contribution in [0.1, 0.15) is 12.6 Å². The average Bonchev–Trinajstić information content (AvgIpc) is 3.18. The fraction of sp³-hybridized carbons (Fsp3) is 0.280. The number of nitrogens with one attached hydrogen (secondary N) is 1. The van der Waals surface area contributed by atoms with E-state index in [0.29, 0.717) is 11.4 Å². The number of aryl methyl sites for hydroxylation is 1. The Bertz CT molecular complexity index is 1350. The zero-order chi connectivity index (χ0) is 24.5. The second kappa shape index (κ2) is 9.38. The highest BCUT2D eigenvalue weighted by molar-refractivity contribution is 5.83. The van der Waals surface area contributed by atoms with Crippen molar-refractivity contribution >= 4 is 28.1 Å². The Morgan fingerprint density at radius 1 is 1.00 bits per heavy atom. The van der Waals surface area contributed by atoms with Crippen LogP contribution in [0.15, 0.2) is 48.8 Å². The Kier molecular flexibility index (Phi) is 6.12. The van der Waals surface area contributed by atoms with E-state index in [1.165, 1.54) is 18.2 Å². The Morgan fingerprint density at radius 3 is 2.46 bits per heavy atom. The topological polar surface area (TPSA) is 78.7 Å². The van der Waals surface area contributed by atoms with Crippen molar-refractivity contribution in [2.24, 2.45) is 0 Å². The molecule has 2 aromatic carbocycles. The number of piperazine rings is 1. The third kappa shape index (κ3) is 4.44. The van der Waals surface area contributed by atoms with Crippen molar-refractivity contribution in [3.63, 3.8) is 0 Å². The van der Waals surface area contributed by atoms with Gasteiger partial charge in [0.25, 0.3) is 5.88 Å². The van der Waals surface area contributed by atoms with E-state index in [4.69, 9.17) is 4.74 Å². The maximum Gasteiger partial charge on any atom is 0.261 e. The smallest absolute Gasteiger partial charge is 0.261 e. The third-order valence-electron chi connectivity index (χ3n) is 6.32. The van der Waals surface area contributed by atoms with Gasteiger partial charge in [0.05, 0.1) is 11.2 Å². The number of nitrogens with zero attached hydrogens (tertiary/aromatic N) is 5. The first kappa shape index (κ1) is 22.9. The zero-order valence-electron chi connectivity index (χ0n) is 19.5. The van der Waals surface area contributed by atoms with Gasteiger partial charge in [0.2, 0.25) is 5.82 Å². The van der Waals surface area contributed by atoms with Gasteiger partial charge >= 0.3 is 0 Å². The van der Waals surface area contributed by atoms with Crippen molar-refractivity contribution in [2.75, 3.05) is 42.9 Å². The van der Waals surface area contributed by atoms with E-state index in [9.17, 15) is 9.60 Å².